The van der Waals surface area contributed by atoms with Gasteiger partial charge in [0.25, 0.3) is 0 Å². The predicted octanol–water partition coefficient (Wildman–Crippen LogP) is 3.30. The molecule has 0 aliphatic carbocycles. The number of carbonyl (C=O) groups is 1. The molecule has 0 spiro atoms. The van der Waals surface area contributed by atoms with E-state index in [1.807, 2.05) is 39.1 Å². The zero-order valence-corrected chi connectivity index (χ0v) is 19.8. The number of anilines is 1. The molecular weight excluding hydrogens is 392 g/mol. The van der Waals surface area contributed by atoms with Crippen LogP contribution in [0.15, 0.2) is 29.4 Å². The third kappa shape index (κ3) is 9.44. The van der Waals surface area contributed by atoms with E-state index in [2.05, 4.69) is 45.7 Å². The van der Waals surface area contributed by atoms with Gasteiger partial charge in [-0.1, -0.05) is 19.4 Å². The average molecular weight is 433 g/mol. The third-order valence-corrected chi connectivity index (χ3v) is 4.98. The summed E-state index contributed by atoms with van der Waals surface area (Å²) < 4.78 is 5.40. The van der Waals surface area contributed by atoms with Gasteiger partial charge in [-0.25, -0.2) is 9.78 Å². The smallest absolute Gasteiger partial charge is 0.407 e. The SMILES string of the molecule is CCCC(CN=C(NCC)NC1CCN(c2ccccn2)CC1)NC(=O)OC(C)(C)C. The summed E-state index contributed by atoms with van der Waals surface area (Å²) in [5, 5.41) is 9.86. The van der Waals surface area contributed by atoms with Crippen LogP contribution < -0.4 is 20.9 Å². The molecule has 1 aliphatic heterocycles. The van der Waals surface area contributed by atoms with Gasteiger partial charge in [0.2, 0.25) is 0 Å². The summed E-state index contributed by atoms with van der Waals surface area (Å²) in [5.74, 6) is 1.84. The van der Waals surface area contributed by atoms with Crippen LogP contribution in [-0.2, 0) is 4.74 Å². The maximum Gasteiger partial charge on any atom is 0.407 e. The van der Waals surface area contributed by atoms with Crippen LogP contribution >= 0.6 is 0 Å². The Balaban J connectivity index is 1.88. The van der Waals surface area contributed by atoms with E-state index in [0.29, 0.717) is 12.6 Å². The monoisotopic (exact) mass is 432 g/mol. The molecule has 8 heteroatoms. The Morgan fingerprint density at radius 2 is 2.03 bits per heavy atom. The third-order valence-electron chi connectivity index (χ3n) is 4.98. The van der Waals surface area contributed by atoms with E-state index in [4.69, 9.17) is 9.73 Å². The summed E-state index contributed by atoms with van der Waals surface area (Å²) in [6.45, 7) is 13.0. The van der Waals surface area contributed by atoms with Crippen molar-refractivity contribution in [3.63, 3.8) is 0 Å². The number of amides is 1. The number of guanidine groups is 1. The second-order valence-corrected chi connectivity index (χ2v) is 8.95. The zero-order chi connectivity index (χ0) is 22.7. The lowest BCUT2D eigenvalue weighted by atomic mass is 10.1. The van der Waals surface area contributed by atoms with Crippen molar-refractivity contribution >= 4 is 17.9 Å². The molecule has 174 valence electrons. The maximum atomic E-state index is 12.2. The second-order valence-electron chi connectivity index (χ2n) is 8.95. The van der Waals surface area contributed by atoms with Gasteiger partial charge in [-0.05, 0) is 59.1 Å². The fourth-order valence-electron chi connectivity index (χ4n) is 3.54. The number of hydrogen-bond acceptors (Lipinski definition) is 5. The van der Waals surface area contributed by atoms with Crippen molar-refractivity contribution in [3.05, 3.63) is 24.4 Å². The molecule has 1 saturated heterocycles. The quantitative estimate of drug-likeness (QED) is 0.431. The first-order chi connectivity index (χ1) is 14.8. The molecule has 1 aromatic heterocycles. The Labute approximate surface area is 187 Å². The molecule has 3 N–H and O–H groups in total. The van der Waals surface area contributed by atoms with Crippen molar-refractivity contribution in [2.24, 2.45) is 4.99 Å². The molecule has 1 aromatic rings. The van der Waals surface area contributed by atoms with Crippen molar-refractivity contribution < 1.29 is 9.53 Å². The summed E-state index contributed by atoms with van der Waals surface area (Å²) in [6.07, 6.45) is 5.32. The number of carbonyl (C=O) groups excluding carboxylic acids is 1. The summed E-state index contributed by atoms with van der Waals surface area (Å²) in [4.78, 5) is 23.7. The molecule has 0 aromatic carbocycles. The zero-order valence-electron chi connectivity index (χ0n) is 19.8. The van der Waals surface area contributed by atoms with Crippen molar-refractivity contribution in [1.82, 2.24) is 20.9 Å². The van der Waals surface area contributed by atoms with Crippen LogP contribution in [0.25, 0.3) is 0 Å². The Morgan fingerprint density at radius 3 is 2.61 bits per heavy atom. The fourth-order valence-corrected chi connectivity index (χ4v) is 3.54. The van der Waals surface area contributed by atoms with E-state index in [9.17, 15) is 4.79 Å². The highest BCUT2D eigenvalue weighted by atomic mass is 16.6. The second kappa shape index (κ2) is 12.4. The van der Waals surface area contributed by atoms with Crippen molar-refractivity contribution in [2.45, 2.75) is 78.0 Å². The van der Waals surface area contributed by atoms with Crippen LogP contribution in [-0.4, -0.2) is 60.9 Å². The van der Waals surface area contributed by atoms with E-state index < -0.39 is 5.60 Å². The van der Waals surface area contributed by atoms with Gasteiger partial charge in [0, 0.05) is 31.9 Å². The number of nitrogens with zero attached hydrogens (tertiary/aromatic N) is 3. The first kappa shape index (κ1) is 24.8. The number of ether oxygens (including phenoxy) is 1. The van der Waals surface area contributed by atoms with Gasteiger partial charge in [0.05, 0.1) is 12.6 Å². The number of hydrogen-bond donors (Lipinski definition) is 3. The van der Waals surface area contributed by atoms with E-state index in [-0.39, 0.29) is 12.1 Å². The van der Waals surface area contributed by atoms with Gasteiger partial charge in [-0.3, -0.25) is 4.99 Å². The van der Waals surface area contributed by atoms with Gasteiger partial charge in [0.15, 0.2) is 5.96 Å². The Hall–Kier alpha value is -2.51. The van der Waals surface area contributed by atoms with Crippen molar-refractivity contribution in [3.8, 4) is 0 Å². The molecule has 2 heterocycles. The van der Waals surface area contributed by atoms with Gasteiger partial charge in [0.1, 0.15) is 11.4 Å². The van der Waals surface area contributed by atoms with Crippen molar-refractivity contribution in [1.29, 1.82) is 0 Å². The van der Waals surface area contributed by atoms with Crippen LogP contribution in [0.3, 0.4) is 0 Å². The molecular formula is C23H40N6O2. The normalized spacial score (nSPS) is 16.5. The Kier molecular flexibility index (Phi) is 9.88. The van der Waals surface area contributed by atoms with Crippen LogP contribution in [0.5, 0.6) is 0 Å². The predicted molar refractivity (Wildman–Crippen MR) is 127 cm³/mol. The largest absolute Gasteiger partial charge is 0.444 e. The van der Waals surface area contributed by atoms with Crippen LogP contribution in [0.2, 0.25) is 0 Å². The highest BCUT2D eigenvalue weighted by Gasteiger charge is 2.22. The molecule has 0 saturated carbocycles. The standard InChI is InChI=1S/C23H40N6O2/c1-6-10-19(28-22(30)31-23(3,4)5)17-26-21(24-7-2)27-18-12-15-29(16-13-18)20-11-8-9-14-25-20/h8-9,11,14,18-19H,6-7,10,12-13,15-17H2,1-5H3,(H,28,30)(H2,24,26,27). The van der Waals surface area contributed by atoms with E-state index in [1.165, 1.54) is 0 Å². The molecule has 1 aliphatic rings. The van der Waals surface area contributed by atoms with E-state index in [0.717, 1.165) is 57.1 Å². The number of aromatic nitrogens is 1. The number of rotatable bonds is 8. The highest BCUT2D eigenvalue weighted by Crippen LogP contribution is 2.17. The summed E-state index contributed by atoms with van der Waals surface area (Å²) >= 11 is 0. The molecule has 1 fully saturated rings. The topological polar surface area (TPSA) is 90.9 Å². The number of alkyl carbamates (subject to hydrolysis) is 1. The summed E-state index contributed by atoms with van der Waals surface area (Å²) in [5.41, 5.74) is -0.509. The van der Waals surface area contributed by atoms with E-state index >= 15 is 0 Å². The number of aliphatic imine (C=N–C) groups is 1. The van der Waals surface area contributed by atoms with Crippen molar-refractivity contribution in [2.75, 3.05) is 31.1 Å². The number of nitrogens with one attached hydrogen (secondary N) is 3. The molecule has 0 radical (unpaired) electrons. The highest BCUT2D eigenvalue weighted by molar-refractivity contribution is 5.80. The van der Waals surface area contributed by atoms with Crippen LogP contribution in [0, 0.1) is 0 Å². The Bertz CT molecular complexity index is 681. The first-order valence-corrected chi connectivity index (χ1v) is 11.5. The number of piperidine rings is 1. The molecule has 0 bridgehead atoms. The van der Waals surface area contributed by atoms with Crippen LogP contribution in [0.4, 0.5) is 10.6 Å². The minimum Gasteiger partial charge on any atom is -0.444 e. The molecule has 1 amide bonds. The first-order valence-electron chi connectivity index (χ1n) is 11.5. The van der Waals surface area contributed by atoms with Gasteiger partial charge >= 0.3 is 6.09 Å². The summed E-state index contributed by atoms with van der Waals surface area (Å²) in [6, 6.07) is 6.34. The molecule has 31 heavy (non-hydrogen) atoms. The minimum absolute atomic E-state index is 0.0543. The lowest BCUT2D eigenvalue weighted by Gasteiger charge is -2.33. The molecule has 2 rings (SSSR count). The lowest BCUT2D eigenvalue weighted by Crippen LogP contribution is -2.49. The Morgan fingerprint density at radius 1 is 1.29 bits per heavy atom. The minimum atomic E-state index is -0.509. The summed E-state index contributed by atoms with van der Waals surface area (Å²) in [7, 11) is 0. The van der Waals surface area contributed by atoms with Gasteiger partial charge in [-0.15, -0.1) is 0 Å². The average Bonchev–Trinajstić information content (AvgIpc) is 2.72. The van der Waals surface area contributed by atoms with E-state index in [1.54, 1.807) is 0 Å². The van der Waals surface area contributed by atoms with Crippen LogP contribution in [0.1, 0.15) is 60.3 Å². The molecule has 1 atom stereocenters. The number of pyridine rings is 1. The molecule has 1 unspecified atom stereocenters. The fraction of sp³-hybridized carbons (Fsp3) is 0.696. The molecule has 8 nitrogen and oxygen atoms in total. The van der Waals surface area contributed by atoms with Gasteiger partial charge in [-0.2, -0.15) is 0 Å². The lowest BCUT2D eigenvalue weighted by molar-refractivity contribution is 0.0503. The maximum absolute atomic E-state index is 12.2. The van der Waals surface area contributed by atoms with Gasteiger partial charge < -0.3 is 25.6 Å².